The molecule has 0 fully saturated rings. The molecule has 2 aromatic rings. The van der Waals surface area contributed by atoms with Gasteiger partial charge in [-0.25, -0.2) is 13.2 Å². The fraction of sp³-hybridized carbons (Fsp3) is 0.188. The summed E-state index contributed by atoms with van der Waals surface area (Å²) >= 11 is 0. The Morgan fingerprint density at radius 2 is 1.30 bits per heavy atom. The van der Waals surface area contributed by atoms with E-state index in [4.69, 9.17) is 0 Å². The van der Waals surface area contributed by atoms with Crippen LogP contribution in [-0.2, 0) is 0 Å². The number of hydrogen-bond donors (Lipinski definition) is 0. The quantitative estimate of drug-likeness (QED) is 0.750. The Bertz CT molecular complexity index is 682. The lowest BCUT2D eigenvalue weighted by Gasteiger charge is -2.10. The van der Waals surface area contributed by atoms with Crippen molar-refractivity contribution < 1.29 is 18.0 Å². The van der Waals surface area contributed by atoms with Gasteiger partial charge < -0.3 is 0 Å². The van der Waals surface area contributed by atoms with Crippen molar-refractivity contribution in [3.8, 4) is 0 Å². The highest BCUT2D eigenvalue weighted by molar-refractivity contribution is 6.10. The maximum absolute atomic E-state index is 13.7. The number of rotatable bonds is 2. The summed E-state index contributed by atoms with van der Waals surface area (Å²) in [7, 11) is 0. The monoisotopic (exact) mass is 278 g/mol. The highest BCUT2D eigenvalue weighted by Gasteiger charge is 2.22. The Balaban J connectivity index is 2.61. The topological polar surface area (TPSA) is 17.1 Å². The van der Waals surface area contributed by atoms with Crippen molar-refractivity contribution in [2.24, 2.45) is 0 Å². The zero-order valence-electron chi connectivity index (χ0n) is 11.4. The molecule has 0 N–H and O–H groups in total. The third kappa shape index (κ3) is 2.46. The fourth-order valence-corrected chi connectivity index (χ4v) is 2.10. The molecule has 0 spiro atoms. The first-order valence-electron chi connectivity index (χ1n) is 6.08. The molecule has 4 heteroatoms. The van der Waals surface area contributed by atoms with E-state index in [1.54, 1.807) is 19.1 Å². The van der Waals surface area contributed by atoms with Crippen molar-refractivity contribution in [2.45, 2.75) is 20.8 Å². The van der Waals surface area contributed by atoms with Gasteiger partial charge in [0, 0.05) is 17.7 Å². The normalized spacial score (nSPS) is 10.7. The van der Waals surface area contributed by atoms with Crippen LogP contribution >= 0.6 is 0 Å². The Labute approximate surface area is 115 Å². The second kappa shape index (κ2) is 5.12. The number of halogens is 3. The molecule has 20 heavy (non-hydrogen) atoms. The highest BCUT2D eigenvalue weighted by Crippen LogP contribution is 2.23. The summed E-state index contributed by atoms with van der Waals surface area (Å²) in [5.41, 5.74) is 1.96. The van der Waals surface area contributed by atoms with Crippen LogP contribution in [-0.4, -0.2) is 5.78 Å². The average Bonchev–Trinajstić information content (AvgIpc) is 2.32. The number of carbonyl (C=O) groups excluding carboxylic acids is 1. The van der Waals surface area contributed by atoms with E-state index in [1.165, 1.54) is 0 Å². The standard InChI is InChI=1S/C16H13F3O/c1-8-4-10(3)12(5-9(8)2)16(20)15-13(18)6-11(17)7-14(15)19/h4-7H,1-3H3. The smallest absolute Gasteiger partial charge is 0.199 e. The Morgan fingerprint density at radius 1 is 0.800 bits per heavy atom. The molecule has 1 nitrogen and oxygen atoms in total. The van der Waals surface area contributed by atoms with Gasteiger partial charge in [0.1, 0.15) is 17.5 Å². The zero-order valence-corrected chi connectivity index (χ0v) is 11.4. The molecule has 2 aromatic carbocycles. The lowest BCUT2D eigenvalue weighted by molar-refractivity contribution is 0.103. The van der Waals surface area contributed by atoms with Crippen molar-refractivity contribution in [2.75, 3.05) is 0 Å². The van der Waals surface area contributed by atoms with Crippen molar-refractivity contribution in [1.29, 1.82) is 0 Å². The van der Waals surface area contributed by atoms with Crippen LogP contribution in [0.1, 0.15) is 32.6 Å². The van der Waals surface area contributed by atoms with Crippen LogP contribution in [0.3, 0.4) is 0 Å². The van der Waals surface area contributed by atoms with E-state index in [2.05, 4.69) is 0 Å². The minimum Gasteiger partial charge on any atom is -0.288 e. The van der Waals surface area contributed by atoms with Crippen LogP contribution in [0.15, 0.2) is 24.3 Å². The van der Waals surface area contributed by atoms with Crippen LogP contribution in [0.25, 0.3) is 0 Å². The van der Waals surface area contributed by atoms with Crippen molar-refractivity contribution >= 4 is 5.78 Å². The van der Waals surface area contributed by atoms with Crippen molar-refractivity contribution in [1.82, 2.24) is 0 Å². The Kier molecular flexibility index (Phi) is 3.66. The summed E-state index contributed by atoms with van der Waals surface area (Å²) in [4.78, 5) is 12.3. The van der Waals surface area contributed by atoms with Crippen LogP contribution < -0.4 is 0 Å². The minimum absolute atomic E-state index is 0.220. The first kappa shape index (κ1) is 14.3. The molecule has 0 bridgehead atoms. The third-order valence-corrected chi connectivity index (χ3v) is 3.32. The minimum atomic E-state index is -1.19. The molecule has 0 unspecified atom stereocenters. The van der Waals surface area contributed by atoms with Crippen molar-refractivity contribution in [3.05, 3.63) is 69.5 Å². The summed E-state index contributed by atoms with van der Waals surface area (Å²) in [6, 6.07) is 4.39. The van der Waals surface area contributed by atoms with Gasteiger partial charge in [-0.2, -0.15) is 0 Å². The second-order valence-corrected chi connectivity index (χ2v) is 4.82. The summed E-state index contributed by atoms with van der Waals surface area (Å²) in [5, 5.41) is 0. The largest absolute Gasteiger partial charge is 0.288 e. The predicted octanol–water partition coefficient (Wildman–Crippen LogP) is 4.26. The molecule has 0 amide bonds. The van der Waals surface area contributed by atoms with Crippen molar-refractivity contribution in [3.63, 3.8) is 0 Å². The SMILES string of the molecule is Cc1cc(C)c(C(=O)c2c(F)cc(F)cc2F)cc1C. The van der Waals surface area contributed by atoms with E-state index in [0.29, 0.717) is 17.7 Å². The van der Waals surface area contributed by atoms with Crippen LogP contribution in [0.4, 0.5) is 13.2 Å². The summed E-state index contributed by atoms with van der Waals surface area (Å²) < 4.78 is 40.2. The molecule has 0 saturated carbocycles. The molecule has 0 aliphatic carbocycles. The van der Waals surface area contributed by atoms with Gasteiger partial charge in [0.2, 0.25) is 0 Å². The summed E-state index contributed by atoms with van der Waals surface area (Å²) in [5.74, 6) is -4.20. The van der Waals surface area contributed by atoms with Gasteiger partial charge in [-0.15, -0.1) is 0 Å². The molecule has 0 heterocycles. The number of benzene rings is 2. The molecule has 0 aliphatic heterocycles. The second-order valence-electron chi connectivity index (χ2n) is 4.82. The molecular weight excluding hydrogens is 265 g/mol. The predicted molar refractivity (Wildman–Crippen MR) is 70.4 cm³/mol. The van der Waals surface area contributed by atoms with Crippen LogP contribution in [0, 0.1) is 38.2 Å². The van der Waals surface area contributed by atoms with E-state index in [9.17, 15) is 18.0 Å². The lowest BCUT2D eigenvalue weighted by atomic mass is 9.94. The van der Waals surface area contributed by atoms with E-state index in [0.717, 1.165) is 11.1 Å². The highest BCUT2D eigenvalue weighted by atomic mass is 19.1. The maximum Gasteiger partial charge on any atom is 0.199 e. The molecule has 2 rings (SSSR count). The molecule has 0 aromatic heterocycles. The van der Waals surface area contributed by atoms with Gasteiger partial charge in [0.05, 0.1) is 5.56 Å². The van der Waals surface area contributed by atoms with Gasteiger partial charge >= 0.3 is 0 Å². The van der Waals surface area contributed by atoms with Gasteiger partial charge in [0.25, 0.3) is 0 Å². The Hall–Kier alpha value is -2.10. The number of ketones is 1. The number of carbonyl (C=O) groups is 1. The van der Waals surface area contributed by atoms with Gasteiger partial charge in [0.15, 0.2) is 5.78 Å². The molecule has 0 aliphatic rings. The van der Waals surface area contributed by atoms with E-state index in [-0.39, 0.29) is 5.56 Å². The molecular formula is C16H13F3O. The third-order valence-electron chi connectivity index (χ3n) is 3.32. The van der Waals surface area contributed by atoms with Crippen LogP contribution in [0.5, 0.6) is 0 Å². The lowest BCUT2D eigenvalue weighted by Crippen LogP contribution is -2.10. The number of aryl methyl sites for hydroxylation is 3. The number of hydrogen-bond acceptors (Lipinski definition) is 1. The zero-order chi connectivity index (χ0) is 15.0. The van der Waals surface area contributed by atoms with Gasteiger partial charge in [-0.1, -0.05) is 6.07 Å². The first-order valence-corrected chi connectivity index (χ1v) is 6.08. The molecule has 0 saturated heterocycles. The summed E-state index contributed by atoms with van der Waals surface area (Å²) in [6.07, 6.45) is 0. The molecule has 0 radical (unpaired) electrons. The first-order chi connectivity index (χ1) is 9.31. The van der Waals surface area contributed by atoms with E-state index in [1.807, 2.05) is 13.8 Å². The van der Waals surface area contributed by atoms with Gasteiger partial charge in [-0.05, 0) is 43.5 Å². The van der Waals surface area contributed by atoms with E-state index >= 15 is 0 Å². The average molecular weight is 278 g/mol. The molecule has 0 atom stereocenters. The van der Waals surface area contributed by atoms with E-state index < -0.39 is 28.8 Å². The molecule has 104 valence electrons. The maximum atomic E-state index is 13.7. The summed E-state index contributed by atoms with van der Waals surface area (Å²) in [6.45, 7) is 5.39. The fourth-order valence-electron chi connectivity index (χ4n) is 2.10. The Morgan fingerprint density at radius 3 is 1.85 bits per heavy atom. The van der Waals surface area contributed by atoms with Crippen LogP contribution in [0.2, 0.25) is 0 Å². The van der Waals surface area contributed by atoms with Gasteiger partial charge in [-0.3, -0.25) is 4.79 Å².